The summed E-state index contributed by atoms with van der Waals surface area (Å²) in [5, 5.41) is 3.38. The summed E-state index contributed by atoms with van der Waals surface area (Å²) in [6, 6.07) is 0. The second-order valence-corrected chi connectivity index (χ2v) is 5.63. The van der Waals surface area contributed by atoms with Gasteiger partial charge in [0.15, 0.2) is 0 Å². The topological polar surface area (TPSA) is 29.1 Å². The number of Topliss-reactive ketones (excluding diaryl/α,β-unsaturated/α-hetero) is 1. The van der Waals surface area contributed by atoms with Crippen molar-refractivity contribution in [1.82, 2.24) is 5.32 Å². The first-order valence-corrected chi connectivity index (χ1v) is 7.07. The Morgan fingerprint density at radius 1 is 1.00 bits per heavy atom. The molecule has 0 bridgehead atoms. The van der Waals surface area contributed by atoms with Crippen LogP contribution in [0.2, 0.25) is 0 Å². The van der Waals surface area contributed by atoms with E-state index in [1.54, 1.807) is 0 Å². The Morgan fingerprint density at radius 2 is 1.69 bits per heavy atom. The average molecular weight is 223 g/mol. The molecule has 0 aromatic heterocycles. The Labute approximate surface area is 99.2 Å². The van der Waals surface area contributed by atoms with Gasteiger partial charge in [-0.15, -0.1) is 0 Å². The van der Waals surface area contributed by atoms with Crippen molar-refractivity contribution in [1.29, 1.82) is 0 Å². The lowest BCUT2D eigenvalue weighted by Crippen LogP contribution is -2.28. The minimum absolute atomic E-state index is 0.533. The van der Waals surface area contributed by atoms with Gasteiger partial charge >= 0.3 is 0 Å². The lowest BCUT2D eigenvalue weighted by atomic mass is 9.90. The second kappa shape index (κ2) is 6.39. The summed E-state index contributed by atoms with van der Waals surface area (Å²) < 4.78 is 0. The molecule has 1 saturated carbocycles. The van der Waals surface area contributed by atoms with Crippen LogP contribution in [-0.4, -0.2) is 18.9 Å². The van der Waals surface area contributed by atoms with E-state index in [0.717, 1.165) is 44.2 Å². The van der Waals surface area contributed by atoms with Crippen LogP contribution >= 0.6 is 0 Å². The maximum absolute atomic E-state index is 11.8. The minimum atomic E-state index is 0.533. The molecule has 1 saturated heterocycles. The predicted octanol–water partition coefficient (Wildman–Crippen LogP) is 2.92. The third-order valence-electron chi connectivity index (χ3n) is 4.28. The van der Waals surface area contributed by atoms with E-state index in [9.17, 15) is 4.79 Å². The van der Waals surface area contributed by atoms with Gasteiger partial charge in [0.2, 0.25) is 0 Å². The van der Waals surface area contributed by atoms with Crippen LogP contribution in [0.1, 0.15) is 57.8 Å². The molecule has 2 nitrogen and oxygen atoms in total. The second-order valence-electron chi connectivity index (χ2n) is 5.63. The molecule has 1 N–H and O–H groups in total. The number of hydrogen-bond acceptors (Lipinski definition) is 2. The Morgan fingerprint density at radius 3 is 2.38 bits per heavy atom. The summed E-state index contributed by atoms with van der Waals surface area (Å²) >= 11 is 0. The number of piperidine rings is 1. The maximum Gasteiger partial charge on any atom is 0.133 e. The fraction of sp³-hybridized carbons (Fsp3) is 0.929. The summed E-state index contributed by atoms with van der Waals surface area (Å²) in [4.78, 5) is 11.8. The van der Waals surface area contributed by atoms with Gasteiger partial charge in [-0.25, -0.2) is 0 Å². The van der Waals surface area contributed by atoms with E-state index in [2.05, 4.69) is 5.32 Å². The largest absolute Gasteiger partial charge is 0.317 e. The molecule has 0 unspecified atom stereocenters. The van der Waals surface area contributed by atoms with Gasteiger partial charge in [0.25, 0.3) is 0 Å². The van der Waals surface area contributed by atoms with Gasteiger partial charge in [-0.1, -0.05) is 25.7 Å². The lowest BCUT2D eigenvalue weighted by Gasteiger charge is -2.22. The summed E-state index contributed by atoms with van der Waals surface area (Å²) in [6.07, 6.45) is 10.7. The first-order chi connectivity index (χ1) is 7.84. The van der Waals surface area contributed by atoms with E-state index in [4.69, 9.17) is 0 Å². The molecule has 0 atom stereocenters. The average Bonchev–Trinajstić information content (AvgIpc) is 2.81. The van der Waals surface area contributed by atoms with E-state index in [1.165, 1.54) is 38.5 Å². The van der Waals surface area contributed by atoms with E-state index < -0.39 is 0 Å². The van der Waals surface area contributed by atoms with Gasteiger partial charge in [0, 0.05) is 12.8 Å². The molecule has 0 aromatic carbocycles. The molecular formula is C14H25NO. The molecule has 2 aliphatic rings. The van der Waals surface area contributed by atoms with Crippen LogP contribution in [-0.2, 0) is 4.79 Å². The minimum Gasteiger partial charge on any atom is -0.317 e. The molecular weight excluding hydrogens is 198 g/mol. The number of nitrogens with one attached hydrogen (secondary N) is 1. The maximum atomic E-state index is 11.8. The number of carbonyl (C=O) groups is 1. The zero-order valence-corrected chi connectivity index (χ0v) is 10.3. The van der Waals surface area contributed by atoms with Gasteiger partial charge in [-0.3, -0.25) is 4.79 Å². The first-order valence-electron chi connectivity index (χ1n) is 7.07. The van der Waals surface area contributed by atoms with Crippen LogP contribution in [0.15, 0.2) is 0 Å². The normalized spacial score (nSPS) is 23.8. The van der Waals surface area contributed by atoms with Crippen molar-refractivity contribution in [3.63, 3.8) is 0 Å². The zero-order chi connectivity index (χ0) is 11.2. The van der Waals surface area contributed by atoms with E-state index in [1.807, 2.05) is 0 Å². The molecule has 0 amide bonds. The van der Waals surface area contributed by atoms with Crippen LogP contribution in [0, 0.1) is 11.8 Å². The monoisotopic (exact) mass is 223 g/mol. The Balaban J connectivity index is 1.59. The first kappa shape index (κ1) is 12.1. The molecule has 16 heavy (non-hydrogen) atoms. The molecule has 1 aliphatic carbocycles. The van der Waals surface area contributed by atoms with E-state index >= 15 is 0 Å². The Bertz CT molecular complexity index is 215. The van der Waals surface area contributed by atoms with Crippen molar-refractivity contribution >= 4 is 5.78 Å². The predicted molar refractivity (Wildman–Crippen MR) is 66.4 cm³/mol. The summed E-state index contributed by atoms with van der Waals surface area (Å²) in [6.45, 7) is 2.31. The van der Waals surface area contributed by atoms with Crippen LogP contribution in [0.5, 0.6) is 0 Å². The van der Waals surface area contributed by atoms with Crippen molar-refractivity contribution in [2.75, 3.05) is 13.1 Å². The molecule has 0 spiro atoms. The van der Waals surface area contributed by atoms with Gasteiger partial charge in [-0.2, -0.15) is 0 Å². The van der Waals surface area contributed by atoms with Gasteiger partial charge in [-0.05, 0) is 44.2 Å². The van der Waals surface area contributed by atoms with E-state index in [0.29, 0.717) is 5.78 Å². The van der Waals surface area contributed by atoms with Crippen molar-refractivity contribution in [3.05, 3.63) is 0 Å². The van der Waals surface area contributed by atoms with Crippen molar-refractivity contribution in [3.8, 4) is 0 Å². The van der Waals surface area contributed by atoms with Gasteiger partial charge in [0.1, 0.15) is 5.78 Å². The van der Waals surface area contributed by atoms with Crippen molar-refractivity contribution in [2.45, 2.75) is 57.8 Å². The fourth-order valence-electron chi connectivity index (χ4n) is 3.17. The zero-order valence-electron chi connectivity index (χ0n) is 10.3. The molecule has 0 aromatic rings. The number of ketones is 1. The van der Waals surface area contributed by atoms with E-state index in [-0.39, 0.29) is 0 Å². The molecule has 0 radical (unpaired) electrons. The highest BCUT2D eigenvalue weighted by Gasteiger charge is 2.19. The highest BCUT2D eigenvalue weighted by molar-refractivity contribution is 5.78. The molecule has 2 rings (SSSR count). The number of carbonyl (C=O) groups excluding carboxylic acids is 1. The standard InChI is InChI=1S/C14H25NO/c16-14(11-13-3-1-2-4-13)6-5-12-7-9-15-10-8-12/h12-13,15H,1-11H2. The third kappa shape index (κ3) is 3.89. The SMILES string of the molecule is O=C(CCC1CCNCC1)CC1CCCC1. The molecule has 92 valence electrons. The fourth-order valence-corrected chi connectivity index (χ4v) is 3.17. The summed E-state index contributed by atoms with van der Waals surface area (Å²) in [7, 11) is 0. The Kier molecular flexibility index (Phi) is 4.83. The molecule has 2 fully saturated rings. The molecule has 1 heterocycles. The van der Waals surface area contributed by atoms with Crippen LogP contribution < -0.4 is 5.32 Å². The van der Waals surface area contributed by atoms with Crippen LogP contribution in [0.4, 0.5) is 0 Å². The highest BCUT2D eigenvalue weighted by Crippen LogP contribution is 2.28. The van der Waals surface area contributed by atoms with Crippen LogP contribution in [0.3, 0.4) is 0 Å². The molecule has 2 heteroatoms. The summed E-state index contributed by atoms with van der Waals surface area (Å²) in [5.41, 5.74) is 0. The number of hydrogen-bond donors (Lipinski definition) is 1. The highest BCUT2D eigenvalue weighted by atomic mass is 16.1. The van der Waals surface area contributed by atoms with Gasteiger partial charge in [0.05, 0.1) is 0 Å². The smallest absolute Gasteiger partial charge is 0.133 e. The molecule has 1 aliphatic heterocycles. The Hall–Kier alpha value is -0.370. The quantitative estimate of drug-likeness (QED) is 0.776. The van der Waals surface area contributed by atoms with Crippen molar-refractivity contribution < 1.29 is 4.79 Å². The lowest BCUT2D eigenvalue weighted by molar-refractivity contribution is -0.120. The summed E-state index contributed by atoms with van der Waals surface area (Å²) in [5.74, 6) is 2.08. The van der Waals surface area contributed by atoms with Crippen molar-refractivity contribution in [2.24, 2.45) is 11.8 Å². The number of rotatable bonds is 5. The van der Waals surface area contributed by atoms with Gasteiger partial charge < -0.3 is 5.32 Å². The van der Waals surface area contributed by atoms with Crippen LogP contribution in [0.25, 0.3) is 0 Å². The third-order valence-corrected chi connectivity index (χ3v) is 4.28.